The molecule has 0 aliphatic heterocycles. The Bertz CT molecular complexity index is 806. The lowest BCUT2D eigenvalue weighted by atomic mass is 10.1. The first-order chi connectivity index (χ1) is 11.7. The van der Waals surface area contributed by atoms with E-state index in [2.05, 4.69) is 9.97 Å². The zero-order valence-corrected chi connectivity index (χ0v) is 13.3. The number of benzene rings is 1. The number of hydrogen-bond acceptors (Lipinski definition) is 5. The van der Waals surface area contributed by atoms with Crippen LogP contribution >= 0.6 is 0 Å². The number of aromatic nitrogens is 2. The Morgan fingerprint density at radius 3 is 2.67 bits per heavy atom. The zero-order valence-electron chi connectivity index (χ0n) is 13.3. The van der Waals surface area contributed by atoms with Crippen LogP contribution in [0.3, 0.4) is 0 Å². The molecule has 3 rings (SSSR count). The van der Waals surface area contributed by atoms with Gasteiger partial charge in [0.15, 0.2) is 11.6 Å². The van der Waals surface area contributed by atoms with Gasteiger partial charge < -0.3 is 14.4 Å². The molecule has 6 heteroatoms. The summed E-state index contributed by atoms with van der Waals surface area (Å²) in [6.45, 7) is 2.47. The second kappa shape index (κ2) is 7.12. The van der Waals surface area contributed by atoms with Crippen molar-refractivity contribution in [3.8, 4) is 5.75 Å². The molecule has 0 radical (unpaired) electrons. The lowest BCUT2D eigenvalue weighted by Crippen LogP contribution is -2.25. The molecular weight excluding hydrogens is 309 g/mol. The minimum Gasteiger partial charge on any atom is -0.508 e. The van der Waals surface area contributed by atoms with E-state index in [1.165, 1.54) is 6.33 Å². The summed E-state index contributed by atoms with van der Waals surface area (Å²) in [6.07, 6.45) is 3.41. The van der Waals surface area contributed by atoms with Crippen molar-refractivity contribution in [2.75, 3.05) is 4.90 Å². The molecule has 0 saturated heterocycles. The minimum atomic E-state index is -0.443. The Hall–Kier alpha value is -2.89. The maximum Gasteiger partial charge on any atom is 0.187 e. The van der Waals surface area contributed by atoms with Crippen molar-refractivity contribution >= 4 is 5.82 Å². The van der Waals surface area contributed by atoms with Crippen LogP contribution in [0, 0.1) is 5.82 Å². The summed E-state index contributed by atoms with van der Waals surface area (Å²) >= 11 is 0. The van der Waals surface area contributed by atoms with Gasteiger partial charge in [0.25, 0.3) is 0 Å². The van der Waals surface area contributed by atoms with Crippen LogP contribution in [0.4, 0.5) is 10.2 Å². The molecule has 0 aliphatic rings. The Morgan fingerprint density at radius 2 is 1.96 bits per heavy atom. The van der Waals surface area contributed by atoms with Crippen LogP contribution < -0.4 is 4.90 Å². The van der Waals surface area contributed by atoms with E-state index in [1.54, 1.807) is 35.4 Å². The van der Waals surface area contributed by atoms with Crippen LogP contribution in [-0.4, -0.2) is 15.1 Å². The summed E-state index contributed by atoms with van der Waals surface area (Å²) in [5, 5.41) is 10.0. The molecule has 124 valence electrons. The predicted octanol–water partition coefficient (Wildman–Crippen LogP) is 3.68. The van der Waals surface area contributed by atoms with Crippen LogP contribution in [-0.2, 0) is 19.5 Å². The van der Waals surface area contributed by atoms with Crippen molar-refractivity contribution in [2.45, 2.75) is 26.4 Å². The number of rotatable bonds is 6. The van der Waals surface area contributed by atoms with Crippen molar-refractivity contribution in [3.05, 3.63) is 71.8 Å². The number of para-hydroxylation sites is 1. The number of hydrogen-bond donors (Lipinski definition) is 1. The third-order valence-electron chi connectivity index (χ3n) is 3.76. The van der Waals surface area contributed by atoms with Crippen molar-refractivity contribution in [3.63, 3.8) is 0 Å². The van der Waals surface area contributed by atoms with E-state index in [0.717, 1.165) is 0 Å². The minimum absolute atomic E-state index is 0.159. The summed E-state index contributed by atoms with van der Waals surface area (Å²) in [4.78, 5) is 9.81. The normalized spacial score (nSPS) is 10.8. The zero-order chi connectivity index (χ0) is 16.9. The molecule has 0 atom stereocenters. The van der Waals surface area contributed by atoms with E-state index < -0.39 is 5.82 Å². The summed E-state index contributed by atoms with van der Waals surface area (Å²) in [5.74, 6) is 0.595. The standard InChI is InChI=1S/C18H18FN3O2/c1-2-15-17(19)18(21-12-20-15)22(11-14-7-5-9-24-14)10-13-6-3-4-8-16(13)23/h3-9,12,23H,2,10-11H2,1H3. The quantitative estimate of drug-likeness (QED) is 0.748. The highest BCUT2D eigenvalue weighted by molar-refractivity contribution is 5.44. The highest BCUT2D eigenvalue weighted by atomic mass is 19.1. The van der Waals surface area contributed by atoms with Crippen molar-refractivity contribution < 1.29 is 13.9 Å². The third-order valence-corrected chi connectivity index (χ3v) is 3.76. The van der Waals surface area contributed by atoms with E-state index >= 15 is 0 Å². The van der Waals surface area contributed by atoms with Gasteiger partial charge in [-0.05, 0) is 24.6 Å². The molecule has 0 unspecified atom stereocenters. The van der Waals surface area contributed by atoms with Gasteiger partial charge in [0.05, 0.1) is 18.5 Å². The highest BCUT2D eigenvalue weighted by Gasteiger charge is 2.19. The van der Waals surface area contributed by atoms with Gasteiger partial charge in [0, 0.05) is 12.1 Å². The van der Waals surface area contributed by atoms with Crippen LogP contribution in [0.5, 0.6) is 5.75 Å². The van der Waals surface area contributed by atoms with Crippen molar-refractivity contribution in [1.29, 1.82) is 0 Å². The molecule has 0 amide bonds. The van der Waals surface area contributed by atoms with Gasteiger partial charge in [0.2, 0.25) is 0 Å². The molecule has 1 aromatic carbocycles. The first-order valence-electron chi connectivity index (χ1n) is 7.72. The predicted molar refractivity (Wildman–Crippen MR) is 88.1 cm³/mol. The second-order valence-corrected chi connectivity index (χ2v) is 5.38. The lowest BCUT2D eigenvalue weighted by molar-refractivity contribution is 0.463. The van der Waals surface area contributed by atoms with Crippen molar-refractivity contribution in [1.82, 2.24) is 9.97 Å². The maximum absolute atomic E-state index is 14.7. The van der Waals surface area contributed by atoms with Gasteiger partial charge in [-0.2, -0.15) is 0 Å². The number of aryl methyl sites for hydroxylation is 1. The number of furan rings is 1. The first-order valence-corrected chi connectivity index (χ1v) is 7.72. The van der Waals surface area contributed by atoms with Crippen LogP contribution in [0.25, 0.3) is 0 Å². The Morgan fingerprint density at radius 1 is 1.12 bits per heavy atom. The van der Waals surface area contributed by atoms with E-state index in [-0.39, 0.29) is 11.6 Å². The Balaban J connectivity index is 1.97. The molecule has 1 N–H and O–H groups in total. The second-order valence-electron chi connectivity index (χ2n) is 5.38. The summed E-state index contributed by atoms with van der Waals surface area (Å²) in [5.41, 5.74) is 1.04. The molecule has 2 heterocycles. The molecule has 3 aromatic rings. The van der Waals surface area contributed by atoms with E-state index in [0.29, 0.717) is 36.5 Å². The smallest absolute Gasteiger partial charge is 0.187 e. The van der Waals surface area contributed by atoms with Crippen molar-refractivity contribution in [2.24, 2.45) is 0 Å². The molecule has 0 bridgehead atoms. The van der Waals surface area contributed by atoms with E-state index in [1.807, 2.05) is 19.1 Å². The van der Waals surface area contributed by atoms with Crippen LogP contribution in [0.2, 0.25) is 0 Å². The number of nitrogens with zero attached hydrogens (tertiary/aromatic N) is 3. The van der Waals surface area contributed by atoms with Gasteiger partial charge in [0.1, 0.15) is 17.8 Å². The van der Waals surface area contributed by atoms with Crippen LogP contribution in [0.1, 0.15) is 23.9 Å². The van der Waals surface area contributed by atoms with Crippen LogP contribution in [0.15, 0.2) is 53.4 Å². The van der Waals surface area contributed by atoms with Gasteiger partial charge in [-0.1, -0.05) is 25.1 Å². The van der Waals surface area contributed by atoms with Gasteiger partial charge in [-0.25, -0.2) is 14.4 Å². The number of aromatic hydroxyl groups is 1. The summed E-state index contributed by atoms with van der Waals surface area (Å²) in [6, 6.07) is 10.6. The fourth-order valence-corrected chi connectivity index (χ4v) is 2.51. The average Bonchev–Trinajstić information content (AvgIpc) is 3.09. The van der Waals surface area contributed by atoms with E-state index in [4.69, 9.17) is 4.42 Å². The third kappa shape index (κ3) is 3.37. The fourth-order valence-electron chi connectivity index (χ4n) is 2.51. The van der Waals surface area contributed by atoms with E-state index in [9.17, 15) is 9.50 Å². The topological polar surface area (TPSA) is 62.4 Å². The summed E-state index contributed by atoms with van der Waals surface area (Å²) in [7, 11) is 0. The SMILES string of the molecule is CCc1ncnc(N(Cc2ccco2)Cc2ccccc2O)c1F. The lowest BCUT2D eigenvalue weighted by Gasteiger charge is -2.24. The molecular formula is C18H18FN3O2. The Labute approximate surface area is 139 Å². The largest absolute Gasteiger partial charge is 0.508 e. The monoisotopic (exact) mass is 327 g/mol. The summed E-state index contributed by atoms with van der Waals surface area (Å²) < 4.78 is 20.1. The average molecular weight is 327 g/mol. The molecule has 0 saturated carbocycles. The maximum atomic E-state index is 14.7. The number of phenolic OH excluding ortho intramolecular Hbond substituents is 1. The molecule has 0 aliphatic carbocycles. The molecule has 24 heavy (non-hydrogen) atoms. The van der Waals surface area contributed by atoms with Gasteiger partial charge in [-0.3, -0.25) is 0 Å². The number of halogens is 1. The first kappa shape index (κ1) is 16.0. The Kier molecular flexibility index (Phi) is 4.74. The fraction of sp³-hybridized carbons (Fsp3) is 0.222. The molecule has 2 aromatic heterocycles. The highest BCUT2D eigenvalue weighted by Crippen LogP contribution is 2.25. The molecule has 0 spiro atoms. The molecule has 0 fully saturated rings. The van der Waals surface area contributed by atoms with Gasteiger partial charge >= 0.3 is 0 Å². The number of anilines is 1. The molecule has 5 nitrogen and oxygen atoms in total. The van der Waals surface area contributed by atoms with Gasteiger partial charge in [-0.15, -0.1) is 0 Å². The number of phenols is 1.